The second-order valence-electron chi connectivity index (χ2n) is 5.69. The Bertz CT molecular complexity index is 415. The first-order valence-electron chi connectivity index (χ1n) is 7.37. The fourth-order valence-corrected chi connectivity index (χ4v) is 3.11. The number of ether oxygens (including phenoxy) is 2. The molecule has 0 spiro atoms. The Hall–Kier alpha value is -1.06. The van der Waals surface area contributed by atoms with Crippen molar-refractivity contribution in [3.8, 4) is 5.75 Å². The van der Waals surface area contributed by atoms with E-state index in [2.05, 4.69) is 30.4 Å². The van der Waals surface area contributed by atoms with E-state index < -0.39 is 0 Å². The van der Waals surface area contributed by atoms with E-state index in [0.717, 1.165) is 38.0 Å². The lowest BCUT2D eigenvalue weighted by Crippen LogP contribution is -2.39. The molecule has 3 rings (SSSR count). The van der Waals surface area contributed by atoms with E-state index in [1.165, 1.54) is 18.4 Å². The van der Waals surface area contributed by atoms with Crippen LogP contribution in [0.15, 0.2) is 24.3 Å². The van der Waals surface area contributed by atoms with E-state index in [1.54, 1.807) is 0 Å². The molecule has 1 aromatic rings. The molecule has 0 aliphatic carbocycles. The van der Waals surface area contributed by atoms with Crippen molar-refractivity contribution in [2.75, 3.05) is 26.4 Å². The third-order valence-corrected chi connectivity index (χ3v) is 4.46. The van der Waals surface area contributed by atoms with E-state index in [-0.39, 0.29) is 0 Å². The monoisotopic (exact) mass is 261 g/mol. The van der Waals surface area contributed by atoms with Crippen molar-refractivity contribution in [1.29, 1.82) is 0 Å². The quantitative estimate of drug-likeness (QED) is 0.903. The highest BCUT2D eigenvalue weighted by atomic mass is 16.5. The predicted octanol–water partition coefficient (Wildman–Crippen LogP) is 2.57. The molecule has 1 fully saturated rings. The number of rotatable bonds is 4. The van der Waals surface area contributed by atoms with E-state index in [0.29, 0.717) is 12.0 Å². The van der Waals surface area contributed by atoms with Gasteiger partial charge in [-0.1, -0.05) is 18.2 Å². The summed E-state index contributed by atoms with van der Waals surface area (Å²) in [5.74, 6) is 2.32. The van der Waals surface area contributed by atoms with Gasteiger partial charge in [0.15, 0.2) is 0 Å². The van der Waals surface area contributed by atoms with Gasteiger partial charge in [-0.15, -0.1) is 0 Å². The van der Waals surface area contributed by atoms with Crippen LogP contribution < -0.4 is 10.1 Å². The van der Waals surface area contributed by atoms with Crippen LogP contribution in [0, 0.1) is 5.92 Å². The molecule has 3 heteroatoms. The molecule has 2 heterocycles. The molecule has 0 bridgehead atoms. The third-order valence-electron chi connectivity index (χ3n) is 4.46. The average Bonchev–Trinajstić information content (AvgIpc) is 2.89. The second kappa shape index (κ2) is 5.93. The van der Waals surface area contributed by atoms with Crippen molar-refractivity contribution < 1.29 is 9.47 Å². The highest BCUT2D eigenvalue weighted by Crippen LogP contribution is 2.33. The molecule has 2 unspecified atom stereocenters. The summed E-state index contributed by atoms with van der Waals surface area (Å²) >= 11 is 0. The van der Waals surface area contributed by atoms with Gasteiger partial charge in [0.05, 0.1) is 6.61 Å². The van der Waals surface area contributed by atoms with Gasteiger partial charge in [0.25, 0.3) is 0 Å². The molecule has 1 saturated heterocycles. The predicted molar refractivity (Wildman–Crippen MR) is 75.7 cm³/mol. The van der Waals surface area contributed by atoms with Crippen molar-refractivity contribution >= 4 is 0 Å². The summed E-state index contributed by atoms with van der Waals surface area (Å²) in [6, 6.07) is 8.96. The van der Waals surface area contributed by atoms with E-state index in [1.807, 2.05) is 6.07 Å². The van der Waals surface area contributed by atoms with Gasteiger partial charge in [0, 0.05) is 37.3 Å². The molecule has 0 saturated carbocycles. The van der Waals surface area contributed by atoms with Gasteiger partial charge in [0.1, 0.15) is 5.75 Å². The number of para-hydroxylation sites is 1. The normalized spacial score (nSPS) is 24.8. The molecule has 2 aliphatic rings. The molecule has 0 radical (unpaired) electrons. The van der Waals surface area contributed by atoms with Crippen LogP contribution in [0.5, 0.6) is 5.75 Å². The van der Waals surface area contributed by atoms with Crippen LogP contribution in [-0.2, 0) is 4.74 Å². The number of fused-ring (bicyclic) bond motifs is 1. The Morgan fingerprint density at radius 3 is 2.89 bits per heavy atom. The molecule has 104 valence electrons. The Morgan fingerprint density at radius 2 is 2.05 bits per heavy atom. The fourth-order valence-electron chi connectivity index (χ4n) is 3.11. The summed E-state index contributed by atoms with van der Waals surface area (Å²) in [6.45, 7) is 5.97. The summed E-state index contributed by atoms with van der Waals surface area (Å²) in [6.07, 6.45) is 2.37. The molecule has 19 heavy (non-hydrogen) atoms. The summed E-state index contributed by atoms with van der Waals surface area (Å²) in [5, 5.41) is 3.70. The lowest BCUT2D eigenvalue weighted by Gasteiger charge is -2.29. The molecule has 0 amide bonds. The highest BCUT2D eigenvalue weighted by molar-refractivity contribution is 5.39. The molecule has 1 N–H and O–H groups in total. The Morgan fingerprint density at radius 1 is 1.26 bits per heavy atom. The first kappa shape index (κ1) is 12.9. The molecule has 2 atom stereocenters. The molecule has 0 aromatic heterocycles. The maximum atomic E-state index is 5.73. The molecule has 3 nitrogen and oxygen atoms in total. The van der Waals surface area contributed by atoms with E-state index in [4.69, 9.17) is 9.47 Å². The smallest absolute Gasteiger partial charge is 0.122 e. The Kier molecular flexibility index (Phi) is 4.04. The lowest BCUT2D eigenvalue weighted by atomic mass is 9.92. The molecular weight excluding hydrogens is 238 g/mol. The van der Waals surface area contributed by atoms with Gasteiger partial charge >= 0.3 is 0 Å². The zero-order chi connectivity index (χ0) is 13.1. The van der Waals surface area contributed by atoms with Crippen LogP contribution in [0.1, 0.15) is 31.2 Å². The first-order valence-corrected chi connectivity index (χ1v) is 7.37. The van der Waals surface area contributed by atoms with E-state index in [9.17, 15) is 0 Å². The van der Waals surface area contributed by atoms with Crippen LogP contribution in [-0.4, -0.2) is 32.4 Å². The number of benzene rings is 1. The number of hydrogen-bond acceptors (Lipinski definition) is 3. The minimum absolute atomic E-state index is 0.499. The summed E-state index contributed by atoms with van der Waals surface area (Å²) in [5.41, 5.74) is 1.36. The van der Waals surface area contributed by atoms with Crippen LogP contribution in [0.3, 0.4) is 0 Å². The van der Waals surface area contributed by atoms with Crippen LogP contribution >= 0.6 is 0 Å². The maximum Gasteiger partial charge on any atom is 0.122 e. The number of nitrogens with one attached hydrogen (secondary N) is 1. The minimum Gasteiger partial charge on any atom is -0.493 e. The fraction of sp³-hybridized carbons (Fsp3) is 0.625. The zero-order valence-corrected chi connectivity index (χ0v) is 11.6. The molecular formula is C16H23NO2. The van der Waals surface area contributed by atoms with Gasteiger partial charge in [-0.25, -0.2) is 0 Å². The van der Waals surface area contributed by atoms with Gasteiger partial charge in [0.2, 0.25) is 0 Å². The Balaban J connectivity index is 1.52. The van der Waals surface area contributed by atoms with Gasteiger partial charge < -0.3 is 14.8 Å². The van der Waals surface area contributed by atoms with Crippen LogP contribution in [0.2, 0.25) is 0 Å². The second-order valence-corrected chi connectivity index (χ2v) is 5.69. The third kappa shape index (κ3) is 2.93. The average molecular weight is 261 g/mol. The minimum atomic E-state index is 0.499. The topological polar surface area (TPSA) is 30.5 Å². The van der Waals surface area contributed by atoms with Crippen molar-refractivity contribution in [1.82, 2.24) is 5.32 Å². The highest BCUT2D eigenvalue weighted by Gasteiger charge is 2.25. The first-order chi connectivity index (χ1) is 9.34. The maximum absolute atomic E-state index is 5.73. The van der Waals surface area contributed by atoms with Crippen molar-refractivity contribution in [2.45, 2.75) is 31.7 Å². The van der Waals surface area contributed by atoms with Crippen LogP contribution in [0.25, 0.3) is 0 Å². The molecule has 2 aliphatic heterocycles. The largest absolute Gasteiger partial charge is 0.493 e. The van der Waals surface area contributed by atoms with Crippen LogP contribution in [0.4, 0.5) is 0 Å². The van der Waals surface area contributed by atoms with Gasteiger partial charge in [-0.3, -0.25) is 0 Å². The zero-order valence-electron chi connectivity index (χ0n) is 11.6. The van der Waals surface area contributed by atoms with Gasteiger partial charge in [-0.2, -0.15) is 0 Å². The summed E-state index contributed by atoms with van der Waals surface area (Å²) in [4.78, 5) is 0. The summed E-state index contributed by atoms with van der Waals surface area (Å²) in [7, 11) is 0. The SMILES string of the molecule is CC(NCC1COc2ccccc21)C1CCOCC1. The van der Waals surface area contributed by atoms with Crippen molar-refractivity contribution in [3.63, 3.8) is 0 Å². The Labute approximate surface area is 115 Å². The van der Waals surface area contributed by atoms with Gasteiger partial charge in [-0.05, 0) is 31.7 Å². The standard InChI is InChI=1S/C16H23NO2/c1-12(13-6-8-18-9-7-13)17-10-14-11-19-16-5-3-2-4-15(14)16/h2-5,12-14,17H,6-11H2,1H3. The number of hydrogen-bond donors (Lipinski definition) is 1. The van der Waals surface area contributed by atoms with Crippen molar-refractivity contribution in [3.05, 3.63) is 29.8 Å². The van der Waals surface area contributed by atoms with Crippen molar-refractivity contribution in [2.24, 2.45) is 5.92 Å². The molecule has 1 aromatic carbocycles. The lowest BCUT2D eigenvalue weighted by molar-refractivity contribution is 0.0557. The van der Waals surface area contributed by atoms with E-state index >= 15 is 0 Å². The summed E-state index contributed by atoms with van der Waals surface area (Å²) < 4.78 is 11.2.